The van der Waals surface area contributed by atoms with Crippen molar-refractivity contribution >= 4 is 17.9 Å². The van der Waals surface area contributed by atoms with E-state index in [-0.39, 0.29) is 31.1 Å². The molecule has 0 saturated carbocycles. The van der Waals surface area contributed by atoms with Gasteiger partial charge in [-0.3, -0.25) is 14.4 Å². The summed E-state index contributed by atoms with van der Waals surface area (Å²) in [6.45, 7) is 6.50. The van der Waals surface area contributed by atoms with Crippen molar-refractivity contribution in [1.82, 2.24) is 0 Å². The van der Waals surface area contributed by atoms with Crippen molar-refractivity contribution in [3.8, 4) is 0 Å². The van der Waals surface area contributed by atoms with Crippen molar-refractivity contribution in [1.29, 1.82) is 0 Å². The number of ether oxygens (including phenoxy) is 3. The number of hydrogen-bond donors (Lipinski definition) is 0. The van der Waals surface area contributed by atoms with Crippen LogP contribution in [0.25, 0.3) is 0 Å². The van der Waals surface area contributed by atoms with Crippen LogP contribution in [-0.4, -0.2) is 37.2 Å². The number of allylic oxidation sites excluding steroid dienone is 14. The molecule has 0 aromatic heterocycles. The summed E-state index contributed by atoms with van der Waals surface area (Å²) >= 11 is 0. The van der Waals surface area contributed by atoms with Crippen molar-refractivity contribution in [2.24, 2.45) is 0 Å². The van der Waals surface area contributed by atoms with Gasteiger partial charge in [0.2, 0.25) is 0 Å². The van der Waals surface area contributed by atoms with Gasteiger partial charge in [0.05, 0.1) is 0 Å². The summed E-state index contributed by atoms with van der Waals surface area (Å²) in [5.41, 5.74) is 0. The lowest BCUT2D eigenvalue weighted by Crippen LogP contribution is -2.30. The van der Waals surface area contributed by atoms with Gasteiger partial charge in [0.25, 0.3) is 0 Å². The zero-order valence-electron chi connectivity index (χ0n) is 47.4. The molecule has 0 saturated heterocycles. The maximum Gasteiger partial charge on any atom is 0.306 e. The molecule has 1 unspecified atom stereocenters. The van der Waals surface area contributed by atoms with E-state index in [1.54, 1.807) is 0 Å². The van der Waals surface area contributed by atoms with E-state index >= 15 is 0 Å². The largest absolute Gasteiger partial charge is 0.462 e. The van der Waals surface area contributed by atoms with E-state index in [2.05, 4.69) is 106 Å². The first kappa shape index (κ1) is 68.6. The molecule has 0 N–H and O–H groups in total. The Morgan fingerprint density at radius 3 is 0.889 bits per heavy atom. The zero-order chi connectivity index (χ0) is 52.2. The normalized spacial score (nSPS) is 12.7. The lowest BCUT2D eigenvalue weighted by molar-refractivity contribution is -0.167. The van der Waals surface area contributed by atoms with E-state index in [0.29, 0.717) is 19.3 Å². The fraction of sp³-hybridized carbons (Fsp3) is 0.742. The monoisotopic (exact) mass is 1000 g/mol. The first-order valence-corrected chi connectivity index (χ1v) is 30.6. The minimum atomic E-state index is -0.790. The third kappa shape index (κ3) is 57.5. The highest BCUT2D eigenvalue weighted by molar-refractivity contribution is 5.71. The third-order valence-electron chi connectivity index (χ3n) is 13.1. The average Bonchev–Trinajstić information content (AvgIpc) is 3.38. The molecule has 0 spiro atoms. The number of rotatable bonds is 55. The molecular formula is C66H114O6. The molecule has 0 aliphatic carbocycles. The second-order valence-corrected chi connectivity index (χ2v) is 20.2. The third-order valence-corrected chi connectivity index (χ3v) is 13.1. The van der Waals surface area contributed by atoms with Gasteiger partial charge < -0.3 is 14.2 Å². The van der Waals surface area contributed by atoms with Crippen molar-refractivity contribution in [2.45, 2.75) is 303 Å². The Hall–Kier alpha value is -3.41. The van der Waals surface area contributed by atoms with Gasteiger partial charge in [-0.15, -0.1) is 0 Å². The summed E-state index contributed by atoms with van der Waals surface area (Å²) in [4.78, 5) is 38.3. The van der Waals surface area contributed by atoms with Crippen LogP contribution in [0.3, 0.4) is 0 Å². The van der Waals surface area contributed by atoms with Crippen LogP contribution < -0.4 is 0 Å². The Bertz CT molecular complexity index is 1380. The van der Waals surface area contributed by atoms with Gasteiger partial charge in [0.15, 0.2) is 6.10 Å². The fourth-order valence-corrected chi connectivity index (χ4v) is 8.52. The number of hydrogen-bond acceptors (Lipinski definition) is 6. The van der Waals surface area contributed by atoms with Crippen LogP contribution in [0, 0.1) is 0 Å². The molecule has 0 amide bonds. The average molecular weight is 1000 g/mol. The van der Waals surface area contributed by atoms with Crippen LogP contribution >= 0.6 is 0 Å². The van der Waals surface area contributed by atoms with E-state index in [0.717, 1.165) is 103 Å². The Kier molecular flexibility index (Phi) is 57.3. The molecule has 0 rings (SSSR count). The van der Waals surface area contributed by atoms with Crippen LogP contribution in [0.4, 0.5) is 0 Å². The number of carbonyl (C=O) groups excluding carboxylic acids is 3. The Balaban J connectivity index is 4.42. The first-order chi connectivity index (χ1) is 35.5. The molecular weight excluding hydrogens is 889 g/mol. The highest BCUT2D eigenvalue weighted by atomic mass is 16.6. The second kappa shape index (κ2) is 60.1. The topological polar surface area (TPSA) is 78.9 Å². The number of esters is 3. The van der Waals surface area contributed by atoms with Crippen LogP contribution in [-0.2, 0) is 28.6 Å². The Morgan fingerprint density at radius 2 is 0.542 bits per heavy atom. The van der Waals surface area contributed by atoms with Gasteiger partial charge in [-0.25, -0.2) is 0 Å². The minimum absolute atomic E-state index is 0.0865. The molecule has 0 aromatic rings. The SMILES string of the molecule is CC/C=C\C/C=C\C/C=C\C/C=C\CCCCCCCCC(=O)OCC(COC(=O)CCCCCCC/C=C\CCCCCCCCC)OC(=O)CCCCCCCCCCC/C=C\C/C=C\CCCCC. The summed E-state index contributed by atoms with van der Waals surface area (Å²) in [5.74, 6) is -0.903. The van der Waals surface area contributed by atoms with E-state index in [1.807, 2.05) is 0 Å². The standard InChI is InChI=1S/C66H114O6/c1-4-7-10-13-16-19-22-25-28-31-33-35-38-41-44-47-50-53-56-59-65(68)71-62-63(61-70-64(67)58-55-52-49-46-43-40-37-30-27-24-21-18-15-12-9-6-3)72-66(69)60-57-54-51-48-45-42-39-36-34-32-29-26-23-20-17-14-11-8-5-2/h7,10,16-17,19-20,25-26,28-30,33,35,37,63H,4-6,8-9,11-15,18,21-24,27,31-32,34,36,38-62H2,1-3H3/b10-7-,19-16-,20-17-,28-25-,29-26-,35-33-,37-30-. The molecule has 0 aliphatic rings. The molecule has 6 nitrogen and oxygen atoms in total. The summed E-state index contributed by atoms with van der Waals surface area (Å²) in [6, 6.07) is 0. The predicted molar refractivity (Wildman–Crippen MR) is 311 cm³/mol. The second-order valence-electron chi connectivity index (χ2n) is 20.2. The Morgan fingerprint density at radius 1 is 0.292 bits per heavy atom. The van der Waals surface area contributed by atoms with E-state index < -0.39 is 6.10 Å². The molecule has 1 atom stereocenters. The van der Waals surface area contributed by atoms with Crippen molar-refractivity contribution in [3.05, 3.63) is 85.1 Å². The summed E-state index contributed by atoms with van der Waals surface area (Å²) < 4.78 is 16.9. The van der Waals surface area contributed by atoms with Crippen molar-refractivity contribution in [3.63, 3.8) is 0 Å². The van der Waals surface area contributed by atoms with Crippen LogP contribution in [0.15, 0.2) is 85.1 Å². The Labute approximate surface area is 445 Å². The fourth-order valence-electron chi connectivity index (χ4n) is 8.52. The van der Waals surface area contributed by atoms with Gasteiger partial charge in [-0.2, -0.15) is 0 Å². The van der Waals surface area contributed by atoms with Crippen LogP contribution in [0.5, 0.6) is 0 Å². The van der Waals surface area contributed by atoms with E-state index in [1.165, 1.54) is 154 Å². The molecule has 0 fully saturated rings. The minimum Gasteiger partial charge on any atom is -0.462 e. The highest BCUT2D eigenvalue weighted by Crippen LogP contribution is 2.15. The molecule has 0 bridgehead atoms. The maximum absolute atomic E-state index is 12.9. The van der Waals surface area contributed by atoms with Gasteiger partial charge >= 0.3 is 17.9 Å². The van der Waals surface area contributed by atoms with Gasteiger partial charge in [-0.1, -0.05) is 247 Å². The first-order valence-electron chi connectivity index (χ1n) is 30.6. The highest BCUT2D eigenvalue weighted by Gasteiger charge is 2.19. The molecule has 0 aromatic carbocycles. The molecule has 0 heterocycles. The molecule has 0 radical (unpaired) electrons. The molecule has 6 heteroatoms. The lowest BCUT2D eigenvalue weighted by Gasteiger charge is -2.18. The molecule has 72 heavy (non-hydrogen) atoms. The van der Waals surface area contributed by atoms with E-state index in [9.17, 15) is 14.4 Å². The van der Waals surface area contributed by atoms with Crippen molar-refractivity contribution < 1.29 is 28.6 Å². The number of unbranched alkanes of at least 4 members (excludes halogenated alkanes) is 30. The summed E-state index contributed by atoms with van der Waals surface area (Å²) in [6.07, 6.45) is 78.6. The van der Waals surface area contributed by atoms with Gasteiger partial charge in [0, 0.05) is 19.3 Å². The van der Waals surface area contributed by atoms with Gasteiger partial charge in [-0.05, 0) is 116 Å². The summed E-state index contributed by atoms with van der Waals surface area (Å²) in [5, 5.41) is 0. The van der Waals surface area contributed by atoms with Crippen LogP contribution in [0.1, 0.15) is 297 Å². The number of carbonyl (C=O) groups is 3. The van der Waals surface area contributed by atoms with Gasteiger partial charge in [0.1, 0.15) is 13.2 Å². The molecule has 0 aliphatic heterocycles. The predicted octanol–water partition coefficient (Wildman–Crippen LogP) is 20.7. The van der Waals surface area contributed by atoms with Crippen LogP contribution in [0.2, 0.25) is 0 Å². The van der Waals surface area contributed by atoms with E-state index in [4.69, 9.17) is 14.2 Å². The zero-order valence-corrected chi connectivity index (χ0v) is 47.4. The smallest absolute Gasteiger partial charge is 0.306 e. The summed E-state index contributed by atoms with van der Waals surface area (Å²) in [7, 11) is 0. The maximum atomic E-state index is 12.9. The lowest BCUT2D eigenvalue weighted by atomic mass is 10.1. The quantitative estimate of drug-likeness (QED) is 0.0261. The molecule has 414 valence electrons. The van der Waals surface area contributed by atoms with Crippen molar-refractivity contribution in [2.75, 3.05) is 13.2 Å².